The zero-order chi connectivity index (χ0) is 21.5. The molecule has 30 heavy (non-hydrogen) atoms. The second kappa shape index (κ2) is 7.51. The van der Waals surface area contributed by atoms with E-state index in [1.807, 2.05) is 0 Å². The monoisotopic (exact) mass is 419 g/mol. The second-order valence-electron chi connectivity index (χ2n) is 7.21. The van der Waals surface area contributed by atoms with Gasteiger partial charge in [0.1, 0.15) is 5.82 Å². The molecule has 3 aromatic heterocycles. The third-order valence-electron chi connectivity index (χ3n) is 5.38. The molecule has 3 aromatic rings. The highest BCUT2D eigenvalue weighted by Crippen LogP contribution is 2.39. The van der Waals surface area contributed by atoms with E-state index in [2.05, 4.69) is 9.97 Å². The average Bonchev–Trinajstić information content (AvgIpc) is 3.21. The van der Waals surface area contributed by atoms with Crippen molar-refractivity contribution >= 4 is 17.4 Å². The fourth-order valence-electron chi connectivity index (χ4n) is 3.76. The number of pyridine rings is 2. The highest BCUT2D eigenvalue weighted by molar-refractivity contribution is 5.77. The third-order valence-corrected chi connectivity index (χ3v) is 5.38. The molecule has 1 fully saturated rings. The number of nitrogens with two attached hydrogens (primary N) is 1. The van der Waals surface area contributed by atoms with Crippen molar-refractivity contribution in [1.29, 1.82) is 0 Å². The Morgan fingerprint density at radius 3 is 2.57 bits per heavy atom. The number of aromatic nitrogens is 3. The molecule has 0 unspecified atom stereocenters. The number of rotatable bonds is 4. The number of amides is 1. The van der Waals surface area contributed by atoms with Crippen LogP contribution < -0.4 is 15.4 Å². The number of fused-ring (bicyclic) bond motifs is 1. The fourth-order valence-corrected chi connectivity index (χ4v) is 3.76. The summed E-state index contributed by atoms with van der Waals surface area (Å²) in [5, 5.41) is 0. The molecule has 0 radical (unpaired) electrons. The topological polar surface area (TPSA) is 85.7 Å². The minimum atomic E-state index is -4.58. The predicted octanol–water partition coefficient (Wildman–Crippen LogP) is 3.13. The van der Waals surface area contributed by atoms with Crippen LogP contribution in [0.25, 0.3) is 16.8 Å². The summed E-state index contributed by atoms with van der Waals surface area (Å²) in [6.45, 7) is 0.579. The molecule has 0 spiro atoms. The number of nitrogens with zero attached hydrogens (tertiary/aromatic N) is 4. The Morgan fingerprint density at radius 2 is 1.93 bits per heavy atom. The molecule has 1 aliphatic rings. The lowest BCUT2D eigenvalue weighted by atomic mass is 9.96. The van der Waals surface area contributed by atoms with Crippen LogP contribution in [-0.4, -0.2) is 40.5 Å². The van der Waals surface area contributed by atoms with Gasteiger partial charge in [0, 0.05) is 54.9 Å². The van der Waals surface area contributed by atoms with Gasteiger partial charge in [0.15, 0.2) is 11.4 Å². The molecule has 7 nitrogen and oxygen atoms in total. The summed E-state index contributed by atoms with van der Waals surface area (Å²) in [6.07, 6.45) is 2.61. The molecule has 0 aliphatic carbocycles. The number of carbonyl (C=O) groups is 1. The van der Waals surface area contributed by atoms with Gasteiger partial charge in [-0.1, -0.05) is 0 Å². The van der Waals surface area contributed by atoms with E-state index < -0.39 is 17.6 Å². The first-order chi connectivity index (χ1) is 14.3. The first-order valence-corrected chi connectivity index (χ1v) is 9.40. The van der Waals surface area contributed by atoms with Crippen molar-refractivity contribution in [3.63, 3.8) is 0 Å². The van der Waals surface area contributed by atoms with Gasteiger partial charge < -0.3 is 19.8 Å². The van der Waals surface area contributed by atoms with Crippen molar-refractivity contribution in [1.82, 2.24) is 14.4 Å². The number of hydrogen-bond acceptors (Lipinski definition) is 5. The molecule has 158 valence electrons. The second-order valence-corrected chi connectivity index (χ2v) is 7.21. The van der Waals surface area contributed by atoms with Crippen molar-refractivity contribution in [3.8, 4) is 16.9 Å². The first-order valence-electron chi connectivity index (χ1n) is 9.40. The molecule has 1 aliphatic heterocycles. The summed E-state index contributed by atoms with van der Waals surface area (Å²) in [5.41, 5.74) is 5.91. The Hall–Kier alpha value is -3.30. The van der Waals surface area contributed by atoms with Crippen LogP contribution in [0.4, 0.5) is 19.0 Å². The van der Waals surface area contributed by atoms with E-state index in [0.717, 1.165) is 6.07 Å². The van der Waals surface area contributed by atoms with Crippen LogP contribution in [0.1, 0.15) is 18.4 Å². The van der Waals surface area contributed by atoms with Crippen LogP contribution in [0.5, 0.6) is 5.75 Å². The molecule has 4 heterocycles. The maximum atomic E-state index is 13.9. The standard InChI is InChI=1S/C20H20F3N5O2/c1-30-16-9-14(11-28-7-4-25-19(16)28)13-8-15(20(21,22)23)18(26-10-13)27-5-2-12(3-6-27)17(24)29/h4,7-12H,2-3,5-6H2,1H3,(H2,24,29). The van der Waals surface area contributed by atoms with E-state index in [0.29, 0.717) is 35.4 Å². The van der Waals surface area contributed by atoms with Crippen LogP contribution in [0, 0.1) is 5.92 Å². The minimum absolute atomic E-state index is 0.134. The van der Waals surface area contributed by atoms with Crippen LogP contribution in [0.2, 0.25) is 0 Å². The number of piperidine rings is 1. The van der Waals surface area contributed by atoms with E-state index in [9.17, 15) is 18.0 Å². The van der Waals surface area contributed by atoms with Crippen molar-refractivity contribution < 1.29 is 22.7 Å². The fraction of sp³-hybridized carbons (Fsp3) is 0.350. The average molecular weight is 419 g/mol. The van der Waals surface area contributed by atoms with Crippen molar-refractivity contribution in [2.24, 2.45) is 11.7 Å². The number of anilines is 1. The Balaban J connectivity index is 1.73. The van der Waals surface area contributed by atoms with E-state index in [-0.39, 0.29) is 24.8 Å². The number of methoxy groups -OCH3 is 1. The first kappa shape index (κ1) is 20.0. The van der Waals surface area contributed by atoms with Crippen LogP contribution in [0.3, 0.4) is 0 Å². The van der Waals surface area contributed by atoms with Gasteiger partial charge in [-0.25, -0.2) is 9.97 Å². The Bertz CT molecular complexity index is 1090. The number of ether oxygens (including phenoxy) is 1. The molecule has 1 saturated heterocycles. The van der Waals surface area contributed by atoms with Gasteiger partial charge in [-0.2, -0.15) is 13.2 Å². The lowest BCUT2D eigenvalue weighted by Crippen LogP contribution is -2.39. The summed E-state index contributed by atoms with van der Waals surface area (Å²) in [4.78, 5) is 21.2. The summed E-state index contributed by atoms with van der Waals surface area (Å²) in [7, 11) is 1.48. The van der Waals surface area contributed by atoms with E-state index in [4.69, 9.17) is 10.5 Å². The number of halogens is 3. The molecule has 10 heteroatoms. The summed E-state index contributed by atoms with van der Waals surface area (Å²) < 4.78 is 48.6. The number of primary amides is 1. The van der Waals surface area contributed by atoms with Gasteiger partial charge in [0.05, 0.1) is 12.7 Å². The van der Waals surface area contributed by atoms with Crippen molar-refractivity contribution in [2.75, 3.05) is 25.1 Å². The molecular weight excluding hydrogens is 399 g/mol. The molecule has 1 amide bonds. The molecule has 0 saturated carbocycles. The molecule has 0 bridgehead atoms. The van der Waals surface area contributed by atoms with E-state index >= 15 is 0 Å². The van der Waals surface area contributed by atoms with Crippen LogP contribution >= 0.6 is 0 Å². The quantitative estimate of drug-likeness (QED) is 0.702. The number of carbonyl (C=O) groups excluding carboxylic acids is 1. The van der Waals surface area contributed by atoms with Crippen LogP contribution in [0.15, 0.2) is 36.9 Å². The lowest BCUT2D eigenvalue weighted by molar-refractivity contribution is -0.137. The Morgan fingerprint density at radius 1 is 1.20 bits per heavy atom. The minimum Gasteiger partial charge on any atom is -0.493 e. The van der Waals surface area contributed by atoms with Crippen molar-refractivity contribution in [2.45, 2.75) is 19.0 Å². The van der Waals surface area contributed by atoms with Crippen LogP contribution in [-0.2, 0) is 11.0 Å². The van der Waals surface area contributed by atoms with Gasteiger partial charge in [-0.05, 0) is 25.0 Å². The van der Waals surface area contributed by atoms with Gasteiger partial charge in [0.2, 0.25) is 5.91 Å². The lowest BCUT2D eigenvalue weighted by Gasteiger charge is -2.33. The number of hydrogen-bond donors (Lipinski definition) is 1. The molecule has 0 atom stereocenters. The summed E-state index contributed by atoms with van der Waals surface area (Å²) in [5.74, 6) is -0.421. The largest absolute Gasteiger partial charge is 0.493 e. The van der Waals surface area contributed by atoms with Gasteiger partial charge in [0.25, 0.3) is 0 Å². The normalized spacial score (nSPS) is 15.5. The van der Waals surface area contributed by atoms with Crippen molar-refractivity contribution in [3.05, 3.63) is 42.5 Å². The Labute approximate surface area is 170 Å². The molecule has 4 rings (SSSR count). The summed E-state index contributed by atoms with van der Waals surface area (Å²) in [6, 6.07) is 2.73. The molecular formula is C20H20F3N5O2. The van der Waals surface area contributed by atoms with E-state index in [1.165, 1.54) is 13.3 Å². The molecule has 2 N–H and O–H groups in total. The molecule has 0 aromatic carbocycles. The highest BCUT2D eigenvalue weighted by atomic mass is 19.4. The smallest absolute Gasteiger partial charge is 0.419 e. The van der Waals surface area contributed by atoms with Gasteiger partial charge in [-0.3, -0.25) is 4.79 Å². The summed E-state index contributed by atoms with van der Waals surface area (Å²) >= 11 is 0. The zero-order valence-corrected chi connectivity index (χ0v) is 16.2. The number of alkyl halides is 3. The SMILES string of the molecule is COc1cc(-c2cnc(N3CCC(C(N)=O)CC3)c(C(F)(F)F)c2)cn2ccnc12. The highest BCUT2D eigenvalue weighted by Gasteiger charge is 2.37. The predicted molar refractivity (Wildman–Crippen MR) is 104 cm³/mol. The third kappa shape index (κ3) is 3.64. The van der Waals surface area contributed by atoms with Gasteiger partial charge in [-0.15, -0.1) is 0 Å². The van der Waals surface area contributed by atoms with Gasteiger partial charge >= 0.3 is 6.18 Å². The zero-order valence-electron chi connectivity index (χ0n) is 16.2. The maximum absolute atomic E-state index is 13.9. The van der Waals surface area contributed by atoms with E-state index in [1.54, 1.807) is 34.0 Å². The number of imidazole rings is 1. The Kier molecular flexibility index (Phi) is 5.00. The maximum Gasteiger partial charge on any atom is 0.419 e.